The Morgan fingerprint density at radius 2 is 1.72 bits per heavy atom. The van der Waals surface area contributed by atoms with E-state index in [0.717, 1.165) is 22.9 Å². The molecule has 1 aliphatic carbocycles. The Bertz CT molecular complexity index is 801. The summed E-state index contributed by atoms with van der Waals surface area (Å²) in [4.78, 5) is 24.2. The summed E-state index contributed by atoms with van der Waals surface area (Å²) in [5.74, 6) is -0.189. The van der Waals surface area contributed by atoms with Crippen LogP contribution in [0.4, 0.5) is 0 Å². The summed E-state index contributed by atoms with van der Waals surface area (Å²) in [6, 6.07) is 16.7. The van der Waals surface area contributed by atoms with Crippen LogP contribution in [0.3, 0.4) is 0 Å². The molecule has 0 spiro atoms. The Kier molecular flexibility index (Phi) is 5.60. The van der Waals surface area contributed by atoms with Crippen molar-refractivity contribution in [3.05, 3.63) is 70.2 Å². The molecule has 2 aromatic rings. The molecule has 0 radical (unpaired) electrons. The van der Waals surface area contributed by atoms with Crippen molar-refractivity contribution < 1.29 is 9.59 Å². The second kappa shape index (κ2) is 8.07. The lowest BCUT2D eigenvalue weighted by molar-refractivity contribution is -0.122. The lowest BCUT2D eigenvalue weighted by atomic mass is 10.1. The minimum atomic E-state index is -0.204. The van der Waals surface area contributed by atoms with Crippen molar-refractivity contribution in [2.75, 3.05) is 6.54 Å². The van der Waals surface area contributed by atoms with Gasteiger partial charge in [-0.1, -0.05) is 42.5 Å². The van der Waals surface area contributed by atoms with E-state index in [4.69, 9.17) is 0 Å². The second-order valence-electron chi connectivity index (χ2n) is 5.84. The van der Waals surface area contributed by atoms with E-state index in [1.807, 2.05) is 48.5 Å². The van der Waals surface area contributed by atoms with Gasteiger partial charge in [0, 0.05) is 10.4 Å². The van der Waals surface area contributed by atoms with Crippen molar-refractivity contribution in [1.29, 1.82) is 0 Å². The van der Waals surface area contributed by atoms with Gasteiger partial charge < -0.3 is 5.32 Å². The highest BCUT2D eigenvalue weighted by molar-refractivity contribution is 9.10. The standard InChI is InChI=1S/C19H18BrN3O2/c20-16-9-5-4-8-15(16)19(25)21-12-17(13-6-2-1-3-7-13)22-23-18(24)14-10-11-14/h1-9,14H,10-12H2,(H,21,25)(H,23,24). The number of hydrazone groups is 1. The first-order chi connectivity index (χ1) is 12.1. The summed E-state index contributed by atoms with van der Waals surface area (Å²) in [6.07, 6.45) is 1.83. The number of hydrogen-bond donors (Lipinski definition) is 2. The zero-order valence-electron chi connectivity index (χ0n) is 13.5. The summed E-state index contributed by atoms with van der Waals surface area (Å²) < 4.78 is 0.729. The van der Waals surface area contributed by atoms with Crippen LogP contribution in [0.25, 0.3) is 0 Å². The van der Waals surface area contributed by atoms with Crippen molar-refractivity contribution in [1.82, 2.24) is 10.7 Å². The lowest BCUT2D eigenvalue weighted by Gasteiger charge is -2.10. The molecule has 1 saturated carbocycles. The van der Waals surface area contributed by atoms with Gasteiger partial charge in [-0.05, 0) is 46.5 Å². The maximum atomic E-state index is 12.4. The highest BCUT2D eigenvalue weighted by Crippen LogP contribution is 2.28. The molecule has 25 heavy (non-hydrogen) atoms. The predicted molar refractivity (Wildman–Crippen MR) is 100 cm³/mol. The summed E-state index contributed by atoms with van der Waals surface area (Å²) in [5.41, 5.74) is 4.62. The van der Waals surface area contributed by atoms with Gasteiger partial charge >= 0.3 is 0 Å². The maximum Gasteiger partial charge on any atom is 0.252 e. The molecule has 0 heterocycles. The van der Waals surface area contributed by atoms with Gasteiger partial charge in [-0.3, -0.25) is 9.59 Å². The molecule has 0 aromatic heterocycles. The fraction of sp³-hybridized carbons (Fsp3) is 0.211. The van der Waals surface area contributed by atoms with Gasteiger partial charge in [0.15, 0.2) is 0 Å². The molecule has 2 aromatic carbocycles. The zero-order chi connectivity index (χ0) is 17.6. The highest BCUT2D eigenvalue weighted by Gasteiger charge is 2.29. The normalized spacial score (nSPS) is 14.0. The third-order valence-electron chi connectivity index (χ3n) is 3.89. The van der Waals surface area contributed by atoms with Gasteiger partial charge in [-0.2, -0.15) is 5.10 Å². The number of hydrogen-bond acceptors (Lipinski definition) is 3. The fourth-order valence-electron chi connectivity index (χ4n) is 2.30. The van der Waals surface area contributed by atoms with Crippen LogP contribution >= 0.6 is 15.9 Å². The van der Waals surface area contributed by atoms with Crippen molar-refractivity contribution in [2.45, 2.75) is 12.8 Å². The molecular formula is C19H18BrN3O2. The third kappa shape index (κ3) is 4.76. The molecule has 0 saturated heterocycles. The first-order valence-electron chi connectivity index (χ1n) is 8.09. The molecule has 1 fully saturated rings. The smallest absolute Gasteiger partial charge is 0.252 e. The maximum absolute atomic E-state index is 12.4. The fourth-order valence-corrected chi connectivity index (χ4v) is 2.77. The number of halogens is 1. The first kappa shape index (κ1) is 17.4. The van der Waals surface area contributed by atoms with Gasteiger partial charge in [0.2, 0.25) is 5.91 Å². The molecule has 5 nitrogen and oxygen atoms in total. The molecule has 0 bridgehead atoms. The van der Waals surface area contributed by atoms with E-state index in [2.05, 4.69) is 31.8 Å². The molecule has 3 rings (SSSR count). The Hall–Kier alpha value is -2.47. The van der Waals surface area contributed by atoms with Crippen molar-refractivity contribution in [2.24, 2.45) is 11.0 Å². The number of nitrogens with one attached hydrogen (secondary N) is 2. The number of amides is 2. The zero-order valence-corrected chi connectivity index (χ0v) is 15.1. The Morgan fingerprint density at radius 1 is 1.04 bits per heavy atom. The Balaban J connectivity index is 1.71. The summed E-state index contributed by atoms with van der Waals surface area (Å²) in [6.45, 7) is 0.217. The SMILES string of the molecule is O=C(NCC(=NNC(=O)C1CC1)c1ccccc1)c1ccccc1Br. The van der Waals surface area contributed by atoms with E-state index >= 15 is 0 Å². The van der Waals surface area contributed by atoms with Gasteiger partial charge in [0.1, 0.15) is 0 Å². The minimum absolute atomic E-state index is 0.0643. The number of benzene rings is 2. The quantitative estimate of drug-likeness (QED) is 0.578. The second-order valence-corrected chi connectivity index (χ2v) is 6.69. The lowest BCUT2D eigenvalue weighted by Crippen LogP contribution is -2.32. The van der Waals surface area contributed by atoms with E-state index < -0.39 is 0 Å². The number of carbonyl (C=O) groups excluding carboxylic acids is 2. The van der Waals surface area contributed by atoms with Crippen molar-refractivity contribution in [3.8, 4) is 0 Å². The van der Waals surface area contributed by atoms with Crippen molar-refractivity contribution in [3.63, 3.8) is 0 Å². The topological polar surface area (TPSA) is 70.6 Å². The van der Waals surface area contributed by atoms with E-state index in [1.165, 1.54) is 0 Å². The number of nitrogens with zero attached hydrogens (tertiary/aromatic N) is 1. The molecule has 1 aliphatic rings. The average molecular weight is 400 g/mol. The monoisotopic (exact) mass is 399 g/mol. The van der Waals surface area contributed by atoms with Crippen LogP contribution in [0.2, 0.25) is 0 Å². The number of carbonyl (C=O) groups is 2. The first-order valence-corrected chi connectivity index (χ1v) is 8.89. The largest absolute Gasteiger partial charge is 0.346 e. The van der Waals surface area contributed by atoms with Crippen LogP contribution in [0.5, 0.6) is 0 Å². The van der Waals surface area contributed by atoms with E-state index in [-0.39, 0.29) is 24.3 Å². The van der Waals surface area contributed by atoms with Crippen LogP contribution in [0.1, 0.15) is 28.8 Å². The van der Waals surface area contributed by atoms with Gasteiger partial charge in [0.05, 0.1) is 17.8 Å². The van der Waals surface area contributed by atoms with E-state index in [1.54, 1.807) is 6.07 Å². The van der Waals surface area contributed by atoms with E-state index in [0.29, 0.717) is 11.3 Å². The number of rotatable bonds is 6. The molecule has 6 heteroatoms. The minimum Gasteiger partial charge on any atom is -0.346 e. The molecule has 2 N–H and O–H groups in total. The third-order valence-corrected chi connectivity index (χ3v) is 4.58. The predicted octanol–water partition coefficient (Wildman–Crippen LogP) is 3.11. The van der Waals surface area contributed by atoms with Crippen LogP contribution in [0.15, 0.2) is 64.2 Å². The van der Waals surface area contributed by atoms with Gasteiger partial charge in [-0.15, -0.1) is 0 Å². The summed E-state index contributed by atoms with van der Waals surface area (Å²) >= 11 is 3.37. The van der Waals surface area contributed by atoms with Crippen LogP contribution < -0.4 is 10.7 Å². The molecule has 0 unspecified atom stereocenters. The summed E-state index contributed by atoms with van der Waals surface area (Å²) in [5, 5.41) is 7.09. The van der Waals surface area contributed by atoms with Crippen molar-refractivity contribution >= 4 is 33.5 Å². The summed E-state index contributed by atoms with van der Waals surface area (Å²) in [7, 11) is 0. The molecular weight excluding hydrogens is 382 g/mol. The Morgan fingerprint density at radius 3 is 2.40 bits per heavy atom. The molecule has 0 aliphatic heterocycles. The van der Waals surface area contributed by atoms with Gasteiger partial charge in [-0.25, -0.2) is 5.43 Å². The molecule has 0 atom stereocenters. The van der Waals surface area contributed by atoms with E-state index in [9.17, 15) is 9.59 Å². The molecule has 2 amide bonds. The van der Waals surface area contributed by atoms with Crippen LogP contribution in [0, 0.1) is 5.92 Å². The average Bonchev–Trinajstić information content (AvgIpc) is 3.47. The molecule has 128 valence electrons. The van der Waals surface area contributed by atoms with Gasteiger partial charge in [0.25, 0.3) is 5.91 Å². The Labute approximate surface area is 154 Å². The van der Waals surface area contributed by atoms with Crippen LogP contribution in [-0.2, 0) is 4.79 Å². The van der Waals surface area contributed by atoms with Crippen LogP contribution in [-0.4, -0.2) is 24.1 Å². The highest BCUT2D eigenvalue weighted by atomic mass is 79.9.